The van der Waals surface area contributed by atoms with Gasteiger partial charge in [0, 0.05) is 23.2 Å². The number of carbonyl (C=O) groups is 1. The van der Waals surface area contributed by atoms with Crippen molar-refractivity contribution in [2.45, 2.75) is 22.8 Å². The van der Waals surface area contributed by atoms with E-state index in [-0.39, 0.29) is 5.91 Å². The van der Waals surface area contributed by atoms with Crippen LogP contribution in [-0.4, -0.2) is 19.0 Å². The number of thioether (sulfide) groups is 1. The first-order valence-electron chi connectivity index (χ1n) is 7.94. The van der Waals surface area contributed by atoms with Gasteiger partial charge < -0.3 is 15.5 Å². The minimum absolute atomic E-state index is 0.148. The van der Waals surface area contributed by atoms with Gasteiger partial charge in [0.2, 0.25) is 0 Å². The van der Waals surface area contributed by atoms with Crippen LogP contribution in [0.3, 0.4) is 0 Å². The summed E-state index contributed by atoms with van der Waals surface area (Å²) in [5.74, 6) is 0.987. The van der Waals surface area contributed by atoms with Gasteiger partial charge in [-0.15, -0.1) is 23.1 Å². The summed E-state index contributed by atoms with van der Waals surface area (Å²) in [6, 6.07) is 11.9. The number of amides is 1. The van der Waals surface area contributed by atoms with E-state index in [1.807, 2.05) is 30.3 Å². The molecule has 0 bridgehead atoms. The molecule has 0 aliphatic heterocycles. The van der Waals surface area contributed by atoms with Gasteiger partial charge in [0.25, 0.3) is 5.91 Å². The Morgan fingerprint density at radius 2 is 2.08 bits per heavy atom. The highest BCUT2D eigenvalue weighted by Crippen LogP contribution is 2.33. The smallest absolute Gasteiger partial charge is 0.287 e. The number of fused-ring (bicyclic) bond motifs is 1. The number of para-hydroxylation sites is 1. The Hall–Kier alpha value is -1.76. The summed E-state index contributed by atoms with van der Waals surface area (Å²) < 4.78 is 7.07. The molecule has 126 valence electrons. The van der Waals surface area contributed by atoms with Crippen LogP contribution < -0.4 is 11.1 Å². The molecule has 2 heterocycles. The van der Waals surface area contributed by atoms with E-state index in [4.69, 9.17) is 10.2 Å². The van der Waals surface area contributed by atoms with Gasteiger partial charge in [-0.25, -0.2) is 0 Å². The summed E-state index contributed by atoms with van der Waals surface area (Å²) in [5, 5.41) is 6.00. The molecule has 0 unspecified atom stereocenters. The van der Waals surface area contributed by atoms with Crippen LogP contribution in [0.5, 0.6) is 0 Å². The normalized spacial score (nSPS) is 11.0. The maximum atomic E-state index is 12.5. The molecular weight excluding hydrogens is 340 g/mol. The first kappa shape index (κ1) is 17.1. The van der Waals surface area contributed by atoms with Crippen LogP contribution in [0.2, 0.25) is 0 Å². The third-order valence-electron chi connectivity index (χ3n) is 3.67. The Bertz CT molecular complexity index is 797. The number of hydrogen-bond acceptors (Lipinski definition) is 5. The zero-order chi connectivity index (χ0) is 16.8. The monoisotopic (exact) mass is 360 g/mol. The first-order valence-corrected chi connectivity index (χ1v) is 9.81. The first-order chi connectivity index (χ1) is 11.8. The van der Waals surface area contributed by atoms with Crippen molar-refractivity contribution in [1.29, 1.82) is 0 Å². The molecule has 0 spiro atoms. The molecule has 0 aliphatic rings. The van der Waals surface area contributed by atoms with Gasteiger partial charge in [0.05, 0.1) is 4.21 Å². The van der Waals surface area contributed by atoms with Gasteiger partial charge in [-0.05, 0) is 36.9 Å². The predicted octanol–water partition coefficient (Wildman–Crippen LogP) is 4.26. The lowest BCUT2D eigenvalue weighted by Crippen LogP contribution is -2.25. The Morgan fingerprint density at radius 1 is 1.21 bits per heavy atom. The number of furan rings is 1. The van der Waals surface area contributed by atoms with Crippen molar-refractivity contribution in [3.63, 3.8) is 0 Å². The molecule has 4 nitrogen and oxygen atoms in total. The molecule has 0 fully saturated rings. The van der Waals surface area contributed by atoms with Gasteiger partial charge in [0.15, 0.2) is 5.76 Å². The fourth-order valence-corrected chi connectivity index (χ4v) is 4.28. The number of nitrogens with one attached hydrogen (secondary N) is 1. The van der Waals surface area contributed by atoms with Crippen molar-refractivity contribution in [3.8, 4) is 0 Å². The van der Waals surface area contributed by atoms with E-state index in [9.17, 15) is 4.79 Å². The summed E-state index contributed by atoms with van der Waals surface area (Å²) in [5.41, 5.74) is 7.20. The topological polar surface area (TPSA) is 68.3 Å². The Balaban J connectivity index is 1.80. The number of hydrogen-bond donors (Lipinski definition) is 2. The van der Waals surface area contributed by atoms with E-state index in [0.29, 0.717) is 24.6 Å². The fourth-order valence-electron chi connectivity index (χ4n) is 2.47. The SMILES string of the molecule is NCCCCNC(=O)c1oc2ccccc2c1CSc1cccs1. The second-order valence-corrected chi connectivity index (χ2v) is 7.60. The van der Waals surface area contributed by atoms with Gasteiger partial charge >= 0.3 is 0 Å². The Morgan fingerprint density at radius 3 is 2.88 bits per heavy atom. The lowest BCUT2D eigenvalue weighted by molar-refractivity contribution is 0.0926. The molecule has 0 radical (unpaired) electrons. The highest BCUT2D eigenvalue weighted by atomic mass is 32.2. The quantitative estimate of drug-likeness (QED) is 0.465. The molecule has 3 aromatic rings. The Labute approximate surface area is 149 Å². The lowest BCUT2D eigenvalue weighted by atomic mass is 10.1. The van der Waals surface area contributed by atoms with Crippen molar-refractivity contribution >= 4 is 40.0 Å². The van der Waals surface area contributed by atoms with Crippen molar-refractivity contribution in [3.05, 3.63) is 53.1 Å². The van der Waals surface area contributed by atoms with Crippen LogP contribution in [-0.2, 0) is 5.75 Å². The van der Waals surface area contributed by atoms with E-state index in [1.165, 1.54) is 4.21 Å². The molecule has 0 saturated carbocycles. The van der Waals surface area contributed by atoms with E-state index in [1.54, 1.807) is 23.1 Å². The van der Waals surface area contributed by atoms with E-state index in [0.717, 1.165) is 29.4 Å². The molecular formula is C18H20N2O2S2. The van der Waals surface area contributed by atoms with Crippen LogP contribution in [0.4, 0.5) is 0 Å². The van der Waals surface area contributed by atoms with Gasteiger partial charge in [-0.2, -0.15) is 0 Å². The third kappa shape index (κ3) is 4.01. The van der Waals surface area contributed by atoms with Crippen LogP contribution in [0.25, 0.3) is 11.0 Å². The number of rotatable bonds is 8. The molecule has 0 saturated heterocycles. The summed E-state index contributed by atoms with van der Waals surface area (Å²) in [6.07, 6.45) is 1.78. The number of thiophene rings is 1. The van der Waals surface area contributed by atoms with Crippen LogP contribution in [0.15, 0.2) is 50.4 Å². The minimum atomic E-state index is -0.148. The van der Waals surface area contributed by atoms with E-state index < -0.39 is 0 Å². The molecule has 1 amide bonds. The van der Waals surface area contributed by atoms with Gasteiger partial charge in [-0.1, -0.05) is 24.3 Å². The Kier molecular flexibility index (Phi) is 5.96. The lowest BCUT2D eigenvalue weighted by Gasteiger charge is -2.05. The maximum Gasteiger partial charge on any atom is 0.287 e. The minimum Gasteiger partial charge on any atom is -0.451 e. The predicted molar refractivity (Wildman–Crippen MR) is 101 cm³/mol. The zero-order valence-electron chi connectivity index (χ0n) is 13.3. The van der Waals surface area contributed by atoms with Gasteiger partial charge in [-0.3, -0.25) is 4.79 Å². The summed E-state index contributed by atoms with van der Waals surface area (Å²) in [4.78, 5) is 12.5. The van der Waals surface area contributed by atoms with Crippen LogP contribution in [0.1, 0.15) is 29.0 Å². The van der Waals surface area contributed by atoms with Crippen molar-refractivity contribution < 1.29 is 9.21 Å². The van der Waals surface area contributed by atoms with Crippen LogP contribution in [0, 0.1) is 0 Å². The van der Waals surface area contributed by atoms with Gasteiger partial charge in [0.1, 0.15) is 5.58 Å². The second-order valence-electron chi connectivity index (χ2n) is 5.38. The summed E-state index contributed by atoms with van der Waals surface area (Å²) in [6.45, 7) is 1.26. The fraction of sp³-hybridized carbons (Fsp3) is 0.278. The molecule has 3 rings (SSSR count). The van der Waals surface area contributed by atoms with E-state index >= 15 is 0 Å². The average Bonchev–Trinajstić information content (AvgIpc) is 3.24. The summed E-state index contributed by atoms with van der Waals surface area (Å²) >= 11 is 3.43. The number of nitrogens with two attached hydrogens (primary N) is 1. The van der Waals surface area contributed by atoms with Crippen molar-refractivity contribution in [1.82, 2.24) is 5.32 Å². The standard InChI is InChI=1S/C18H20N2O2S2/c19-9-3-4-10-20-18(21)17-14(12-24-16-8-5-11-23-16)13-6-1-2-7-15(13)22-17/h1-2,5-8,11H,3-4,9-10,12,19H2,(H,20,21). The number of unbranched alkanes of at least 4 members (excludes halogenated alkanes) is 1. The molecule has 0 aliphatic carbocycles. The number of carbonyl (C=O) groups excluding carboxylic acids is 1. The third-order valence-corrected chi connectivity index (χ3v) is 5.83. The maximum absolute atomic E-state index is 12.5. The molecule has 1 aromatic carbocycles. The van der Waals surface area contributed by atoms with E-state index in [2.05, 4.69) is 16.8 Å². The molecule has 6 heteroatoms. The second kappa shape index (κ2) is 8.37. The number of benzene rings is 1. The molecule has 0 atom stereocenters. The molecule has 3 N–H and O–H groups in total. The molecule has 2 aromatic heterocycles. The van der Waals surface area contributed by atoms with Crippen molar-refractivity contribution in [2.24, 2.45) is 5.73 Å². The highest BCUT2D eigenvalue weighted by Gasteiger charge is 2.20. The van der Waals surface area contributed by atoms with Crippen molar-refractivity contribution in [2.75, 3.05) is 13.1 Å². The average molecular weight is 361 g/mol. The molecule has 24 heavy (non-hydrogen) atoms. The van der Waals surface area contributed by atoms with Crippen LogP contribution >= 0.6 is 23.1 Å². The zero-order valence-corrected chi connectivity index (χ0v) is 14.9. The summed E-state index contributed by atoms with van der Waals surface area (Å²) in [7, 11) is 0. The largest absolute Gasteiger partial charge is 0.451 e. The highest BCUT2D eigenvalue weighted by molar-refractivity contribution is 8.00.